The molecule has 1 unspecified atom stereocenters. The van der Waals surface area contributed by atoms with Crippen LogP contribution in [0.4, 0.5) is 13.2 Å². The second-order valence-electron chi connectivity index (χ2n) is 10.8. The van der Waals surface area contributed by atoms with Gasteiger partial charge in [0.25, 0.3) is 0 Å². The summed E-state index contributed by atoms with van der Waals surface area (Å²) in [5, 5.41) is 9.80. The van der Waals surface area contributed by atoms with Gasteiger partial charge < -0.3 is 9.84 Å². The molecule has 0 heterocycles. The van der Waals surface area contributed by atoms with Crippen LogP contribution in [0.3, 0.4) is 0 Å². The Bertz CT molecular complexity index is 1080. The van der Waals surface area contributed by atoms with Crippen molar-refractivity contribution in [2.75, 3.05) is 6.61 Å². The number of aliphatic hydroxyl groups is 1. The van der Waals surface area contributed by atoms with Crippen LogP contribution in [-0.4, -0.2) is 17.8 Å². The van der Waals surface area contributed by atoms with Crippen molar-refractivity contribution in [3.8, 4) is 5.75 Å². The van der Waals surface area contributed by atoms with Crippen LogP contribution in [-0.2, 0) is 0 Å². The highest BCUT2D eigenvalue weighted by Crippen LogP contribution is 2.40. The fourth-order valence-electron chi connectivity index (χ4n) is 5.96. The average molecular weight is 513 g/mol. The molecule has 5 heteroatoms. The Morgan fingerprint density at radius 2 is 1.65 bits per heavy atom. The van der Waals surface area contributed by atoms with E-state index >= 15 is 0 Å². The lowest BCUT2D eigenvalue weighted by Crippen LogP contribution is -2.23. The molecule has 0 radical (unpaired) electrons. The van der Waals surface area contributed by atoms with Crippen molar-refractivity contribution in [3.05, 3.63) is 83.2 Å². The lowest BCUT2D eigenvalue weighted by molar-refractivity contribution is 0.0963. The third-order valence-electron chi connectivity index (χ3n) is 8.36. The van der Waals surface area contributed by atoms with Crippen molar-refractivity contribution < 1.29 is 23.0 Å². The fourth-order valence-corrected chi connectivity index (χ4v) is 5.96. The van der Waals surface area contributed by atoms with Crippen molar-refractivity contribution in [3.63, 3.8) is 0 Å². The Morgan fingerprint density at radius 1 is 0.946 bits per heavy atom. The van der Waals surface area contributed by atoms with Crippen molar-refractivity contribution in [2.24, 2.45) is 11.8 Å². The molecule has 2 aromatic rings. The largest absolute Gasteiger partial charge is 0.490 e. The van der Waals surface area contributed by atoms with Crippen LogP contribution in [0.25, 0.3) is 6.08 Å². The average Bonchev–Trinajstić information content (AvgIpc) is 2.91. The van der Waals surface area contributed by atoms with Crippen LogP contribution in [0.15, 0.2) is 49.1 Å². The Morgan fingerprint density at radius 3 is 2.30 bits per heavy atom. The molecule has 2 aliphatic carbocycles. The number of aliphatic hydroxyl groups excluding tert-OH is 1. The molecule has 2 nitrogen and oxygen atoms in total. The van der Waals surface area contributed by atoms with Gasteiger partial charge in [-0.05, 0) is 112 Å². The van der Waals surface area contributed by atoms with Gasteiger partial charge in [0.1, 0.15) is 0 Å². The van der Waals surface area contributed by atoms with Gasteiger partial charge >= 0.3 is 0 Å². The zero-order valence-electron chi connectivity index (χ0n) is 21.8. The molecule has 0 aromatic heterocycles. The molecule has 1 N–H and O–H groups in total. The second-order valence-corrected chi connectivity index (χ2v) is 10.8. The van der Waals surface area contributed by atoms with E-state index < -0.39 is 11.6 Å². The predicted molar refractivity (Wildman–Crippen MR) is 143 cm³/mol. The first kappa shape index (κ1) is 27.5. The molecule has 2 aliphatic rings. The highest BCUT2D eigenvalue weighted by molar-refractivity contribution is 5.52. The number of rotatable bonds is 9. The fraction of sp³-hybridized carbons (Fsp3) is 0.500. The molecule has 2 fully saturated rings. The van der Waals surface area contributed by atoms with E-state index in [1.807, 2.05) is 12.1 Å². The van der Waals surface area contributed by atoms with Gasteiger partial charge in [-0.2, -0.15) is 0 Å². The van der Waals surface area contributed by atoms with Gasteiger partial charge in [-0.25, -0.2) is 13.2 Å². The monoisotopic (exact) mass is 512 g/mol. The Hall–Kier alpha value is -2.53. The molecule has 200 valence electrons. The van der Waals surface area contributed by atoms with Crippen LogP contribution in [0, 0.1) is 29.3 Å². The summed E-state index contributed by atoms with van der Waals surface area (Å²) >= 11 is 0. The number of ether oxygens (including phenoxy) is 1. The van der Waals surface area contributed by atoms with Crippen LogP contribution >= 0.6 is 0 Å². The van der Waals surface area contributed by atoms with Crippen LogP contribution in [0.5, 0.6) is 5.75 Å². The first-order chi connectivity index (χ1) is 17.9. The summed E-state index contributed by atoms with van der Waals surface area (Å²) in [6.45, 7) is 5.86. The predicted octanol–water partition coefficient (Wildman–Crippen LogP) is 8.70. The summed E-state index contributed by atoms with van der Waals surface area (Å²) in [6, 6.07) is 8.67. The van der Waals surface area contributed by atoms with E-state index in [2.05, 4.69) is 6.58 Å². The maximum atomic E-state index is 15.0. The Balaban J connectivity index is 1.32. The van der Waals surface area contributed by atoms with Crippen molar-refractivity contribution in [2.45, 2.75) is 82.7 Å². The summed E-state index contributed by atoms with van der Waals surface area (Å²) in [5.74, 6) is -0.720. The summed E-state index contributed by atoms with van der Waals surface area (Å²) in [4.78, 5) is 0. The van der Waals surface area contributed by atoms with E-state index in [4.69, 9.17) is 4.74 Å². The quantitative estimate of drug-likeness (QED) is 0.269. The molecule has 1 atom stereocenters. The smallest absolute Gasteiger partial charge is 0.166 e. The lowest BCUT2D eigenvalue weighted by Gasteiger charge is -2.30. The van der Waals surface area contributed by atoms with E-state index in [-0.39, 0.29) is 35.1 Å². The van der Waals surface area contributed by atoms with Crippen molar-refractivity contribution >= 4 is 6.08 Å². The van der Waals surface area contributed by atoms with E-state index in [0.717, 1.165) is 56.9 Å². The minimum absolute atomic E-state index is 0.00965. The minimum atomic E-state index is -0.772. The van der Waals surface area contributed by atoms with Crippen LogP contribution in [0.2, 0.25) is 0 Å². The molecular weight excluding hydrogens is 473 g/mol. The number of hydrogen-bond acceptors (Lipinski definition) is 2. The maximum absolute atomic E-state index is 15.0. The van der Waals surface area contributed by atoms with E-state index in [1.165, 1.54) is 0 Å². The number of allylic oxidation sites excluding steroid dienone is 1. The first-order valence-electron chi connectivity index (χ1n) is 13.7. The highest BCUT2D eigenvalue weighted by atomic mass is 19.2. The normalized spacial score (nSPS) is 25.2. The Labute approximate surface area is 219 Å². The standard InChI is InChI=1S/C32H39F3O2/c1-3-4-19-37-30-18-16-27(20-29(30)33)24-8-5-22(6-9-24)7-10-26-15-17-28(32(35)31(26)34)25-13-11-23(12-14-25)21(2)36/h3,7,10,15-18,20-25,36H,1,4-6,8-9,11-14,19H2,2H3/b10-7+. The van der Waals surface area contributed by atoms with E-state index in [0.29, 0.717) is 30.4 Å². The third kappa shape index (κ3) is 6.87. The molecule has 37 heavy (non-hydrogen) atoms. The zero-order chi connectivity index (χ0) is 26.4. The van der Waals surface area contributed by atoms with Gasteiger partial charge in [0, 0.05) is 5.56 Å². The van der Waals surface area contributed by atoms with E-state index in [9.17, 15) is 18.3 Å². The van der Waals surface area contributed by atoms with Crippen LogP contribution < -0.4 is 4.74 Å². The number of hydrogen-bond donors (Lipinski definition) is 1. The lowest BCUT2D eigenvalue weighted by atomic mass is 9.76. The van der Waals surface area contributed by atoms with Gasteiger partial charge in [0.2, 0.25) is 0 Å². The second kappa shape index (κ2) is 12.8. The summed E-state index contributed by atoms with van der Waals surface area (Å²) in [5.41, 5.74) is 1.74. The minimum Gasteiger partial charge on any atom is -0.490 e. The molecule has 0 saturated heterocycles. The Kier molecular flexibility index (Phi) is 9.53. The van der Waals surface area contributed by atoms with Gasteiger partial charge in [0.05, 0.1) is 12.7 Å². The topological polar surface area (TPSA) is 29.5 Å². The molecule has 2 aromatic carbocycles. The summed E-state index contributed by atoms with van der Waals surface area (Å²) < 4.78 is 49.8. The van der Waals surface area contributed by atoms with Gasteiger partial charge in [-0.15, -0.1) is 6.58 Å². The number of benzene rings is 2. The van der Waals surface area contributed by atoms with Crippen molar-refractivity contribution in [1.29, 1.82) is 0 Å². The van der Waals surface area contributed by atoms with Gasteiger partial charge in [-0.3, -0.25) is 0 Å². The molecule has 2 saturated carbocycles. The van der Waals surface area contributed by atoms with Gasteiger partial charge in [-0.1, -0.05) is 36.4 Å². The molecule has 0 spiro atoms. The molecular formula is C32H39F3O2. The SMILES string of the molecule is C=CCCOc1ccc(C2CCC(/C=C/c3ccc(C4CCC(C(C)O)CC4)c(F)c3F)CC2)cc1F. The summed E-state index contributed by atoms with van der Waals surface area (Å²) in [6.07, 6.45) is 12.7. The van der Waals surface area contributed by atoms with Gasteiger partial charge in [0.15, 0.2) is 23.2 Å². The number of halogens is 3. The summed E-state index contributed by atoms with van der Waals surface area (Å²) in [7, 11) is 0. The molecule has 0 amide bonds. The molecule has 0 bridgehead atoms. The first-order valence-corrected chi connectivity index (χ1v) is 13.7. The molecule has 4 rings (SSSR count). The zero-order valence-corrected chi connectivity index (χ0v) is 21.8. The van der Waals surface area contributed by atoms with Crippen molar-refractivity contribution in [1.82, 2.24) is 0 Å². The van der Waals surface area contributed by atoms with Crippen LogP contribution in [0.1, 0.15) is 93.2 Å². The third-order valence-corrected chi connectivity index (χ3v) is 8.36. The maximum Gasteiger partial charge on any atom is 0.166 e. The van der Waals surface area contributed by atoms with E-state index in [1.54, 1.807) is 43.3 Å². The molecule has 0 aliphatic heterocycles. The highest BCUT2D eigenvalue weighted by Gasteiger charge is 2.28.